The molecule has 1 aromatic carbocycles. The Kier molecular flexibility index (Phi) is 3.78. The Morgan fingerprint density at radius 3 is 2.69 bits per heavy atom. The zero-order chi connectivity index (χ0) is 11.4. The zero-order valence-electron chi connectivity index (χ0n) is 9.71. The first-order chi connectivity index (χ1) is 7.79. The molecule has 0 aromatic heterocycles. The van der Waals surface area contributed by atoms with Gasteiger partial charge in [0, 0.05) is 6.54 Å². The Hall–Kier alpha value is -1.09. The number of halogens is 1. The largest absolute Gasteiger partial charge is 0.494 e. The van der Waals surface area contributed by atoms with Crippen molar-refractivity contribution in [2.75, 3.05) is 20.2 Å². The average Bonchev–Trinajstić information content (AvgIpc) is 2.33. The minimum atomic E-state index is -0.287. The van der Waals surface area contributed by atoms with Crippen LogP contribution in [0.5, 0.6) is 5.75 Å². The van der Waals surface area contributed by atoms with Gasteiger partial charge in [-0.25, -0.2) is 4.39 Å². The topological polar surface area (TPSA) is 12.5 Å². The molecule has 88 valence electrons. The van der Waals surface area contributed by atoms with E-state index in [0.717, 1.165) is 25.2 Å². The van der Waals surface area contributed by atoms with Gasteiger partial charge in [0.15, 0.2) is 11.6 Å². The van der Waals surface area contributed by atoms with Crippen LogP contribution >= 0.6 is 0 Å². The van der Waals surface area contributed by atoms with Crippen LogP contribution in [0, 0.1) is 5.82 Å². The minimum Gasteiger partial charge on any atom is -0.494 e. The van der Waals surface area contributed by atoms with Crippen LogP contribution in [-0.2, 0) is 6.54 Å². The van der Waals surface area contributed by atoms with Gasteiger partial charge in [0.2, 0.25) is 0 Å². The van der Waals surface area contributed by atoms with Gasteiger partial charge >= 0.3 is 0 Å². The third-order valence-corrected chi connectivity index (χ3v) is 3.07. The molecule has 1 saturated heterocycles. The van der Waals surface area contributed by atoms with E-state index in [9.17, 15) is 4.39 Å². The molecule has 0 N–H and O–H groups in total. The zero-order valence-corrected chi connectivity index (χ0v) is 9.71. The van der Waals surface area contributed by atoms with E-state index in [2.05, 4.69) is 4.90 Å². The predicted octanol–water partition coefficient (Wildman–Crippen LogP) is 2.82. The summed E-state index contributed by atoms with van der Waals surface area (Å²) < 4.78 is 18.2. The molecular weight excluding hydrogens is 205 g/mol. The third-order valence-electron chi connectivity index (χ3n) is 3.07. The molecule has 1 heterocycles. The van der Waals surface area contributed by atoms with Gasteiger partial charge in [-0.2, -0.15) is 0 Å². The van der Waals surface area contributed by atoms with Crippen LogP contribution in [0.25, 0.3) is 0 Å². The lowest BCUT2D eigenvalue weighted by Gasteiger charge is -2.26. The van der Waals surface area contributed by atoms with Crippen LogP contribution < -0.4 is 4.74 Å². The summed E-state index contributed by atoms with van der Waals surface area (Å²) in [6, 6.07) is 5.12. The Morgan fingerprint density at radius 2 is 2.00 bits per heavy atom. The van der Waals surface area contributed by atoms with E-state index in [-0.39, 0.29) is 5.82 Å². The lowest BCUT2D eigenvalue weighted by Crippen LogP contribution is -2.29. The number of ether oxygens (including phenoxy) is 1. The molecule has 0 aliphatic carbocycles. The van der Waals surface area contributed by atoms with Crippen LogP contribution in [0.2, 0.25) is 0 Å². The lowest BCUT2D eigenvalue weighted by molar-refractivity contribution is 0.220. The molecule has 0 saturated carbocycles. The second-order valence-corrected chi connectivity index (χ2v) is 4.31. The summed E-state index contributed by atoms with van der Waals surface area (Å²) in [6.45, 7) is 3.20. The second-order valence-electron chi connectivity index (χ2n) is 4.31. The van der Waals surface area contributed by atoms with Crippen LogP contribution in [0.3, 0.4) is 0 Å². The maximum absolute atomic E-state index is 13.2. The number of rotatable bonds is 3. The minimum absolute atomic E-state index is 0.287. The lowest BCUT2D eigenvalue weighted by atomic mass is 10.1. The molecule has 1 fully saturated rings. The van der Waals surface area contributed by atoms with E-state index in [4.69, 9.17) is 4.74 Å². The molecule has 1 aromatic rings. The Balaban J connectivity index is 2.03. The van der Waals surface area contributed by atoms with Gasteiger partial charge in [-0.05, 0) is 43.6 Å². The summed E-state index contributed by atoms with van der Waals surface area (Å²) in [4.78, 5) is 2.41. The molecule has 0 bridgehead atoms. The molecule has 0 atom stereocenters. The molecule has 0 spiro atoms. The number of likely N-dealkylation sites (tertiary alicyclic amines) is 1. The summed E-state index contributed by atoms with van der Waals surface area (Å²) in [6.07, 6.45) is 3.89. The molecule has 0 radical (unpaired) electrons. The number of nitrogens with zero attached hydrogens (tertiary/aromatic N) is 1. The van der Waals surface area contributed by atoms with Crippen molar-refractivity contribution >= 4 is 0 Å². The van der Waals surface area contributed by atoms with Gasteiger partial charge < -0.3 is 4.74 Å². The van der Waals surface area contributed by atoms with Crippen molar-refractivity contribution in [1.29, 1.82) is 0 Å². The van der Waals surface area contributed by atoms with Crippen molar-refractivity contribution in [2.24, 2.45) is 0 Å². The molecule has 3 heteroatoms. The van der Waals surface area contributed by atoms with Gasteiger partial charge in [-0.3, -0.25) is 4.90 Å². The quantitative estimate of drug-likeness (QED) is 0.781. The van der Waals surface area contributed by atoms with E-state index in [1.807, 2.05) is 6.07 Å². The number of benzene rings is 1. The highest BCUT2D eigenvalue weighted by Crippen LogP contribution is 2.20. The fourth-order valence-corrected chi connectivity index (χ4v) is 2.18. The maximum Gasteiger partial charge on any atom is 0.165 e. The standard InChI is InChI=1S/C13H18FNO/c1-16-13-9-11(5-6-12(13)14)10-15-7-3-2-4-8-15/h5-6,9H,2-4,7-8,10H2,1H3. The molecule has 16 heavy (non-hydrogen) atoms. The molecule has 0 amide bonds. The van der Waals surface area contributed by atoms with Gasteiger partial charge in [0.05, 0.1) is 7.11 Å². The monoisotopic (exact) mass is 223 g/mol. The van der Waals surface area contributed by atoms with Gasteiger partial charge in [0.1, 0.15) is 0 Å². The van der Waals surface area contributed by atoms with E-state index < -0.39 is 0 Å². The Labute approximate surface area is 96.0 Å². The average molecular weight is 223 g/mol. The molecule has 2 rings (SSSR count). The van der Waals surface area contributed by atoms with Crippen LogP contribution in [-0.4, -0.2) is 25.1 Å². The predicted molar refractivity (Wildman–Crippen MR) is 62.1 cm³/mol. The van der Waals surface area contributed by atoms with Crippen molar-refractivity contribution < 1.29 is 9.13 Å². The molecule has 2 nitrogen and oxygen atoms in total. The SMILES string of the molecule is COc1cc(CN2CCCCC2)ccc1F. The van der Waals surface area contributed by atoms with Gasteiger partial charge in [-0.1, -0.05) is 12.5 Å². The van der Waals surface area contributed by atoms with E-state index >= 15 is 0 Å². The Bertz CT molecular complexity index is 348. The highest BCUT2D eigenvalue weighted by atomic mass is 19.1. The number of methoxy groups -OCH3 is 1. The molecule has 1 aliphatic rings. The van der Waals surface area contributed by atoms with Crippen LogP contribution in [0.4, 0.5) is 4.39 Å². The van der Waals surface area contributed by atoms with Crippen molar-refractivity contribution in [3.63, 3.8) is 0 Å². The van der Waals surface area contributed by atoms with Crippen molar-refractivity contribution in [1.82, 2.24) is 4.90 Å². The summed E-state index contributed by atoms with van der Waals surface area (Å²) in [5, 5.41) is 0. The summed E-state index contributed by atoms with van der Waals surface area (Å²) >= 11 is 0. The highest BCUT2D eigenvalue weighted by Gasteiger charge is 2.11. The van der Waals surface area contributed by atoms with Crippen molar-refractivity contribution in [2.45, 2.75) is 25.8 Å². The first-order valence-corrected chi connectivity index (χ1v) is 5.84. The number of hydrogen-bond acceptors (Lipinski definition) is 2. The number of piperidine rings is 1. The summed E-state index contributed by atoms with van der Waals surface area (Å²) in [5.74, 6) is 0.0550. The summed E-state index contributed by atoms with van der Waals surface area (Å²) in [5.41, 5.74) is 1.13. The van der Waals surface area contributed by atoms with Crippen LogP contribution in [0.1, 0.15) is 24.8 Å². The molecule has 0 unspecified atom stereocenters. The smallest absolute Gasteiger partial charge is 0.165 e. The van der Waals surface area contributed by atoms with E-state index in [1.54, 1.807) is 6.07 Å². The second kappa shape index (κ2) is 5.30. The van der Waals surface area contributed by atoms with E-state index in [1.165, 1.54) is 32.4 Å². The maximum atomic E-state index is 13.2. The van der Waals surface area contributed by atoms with Gasteiger partial charge in [0.25, 0.3) is 0 Å². The fourth-order valence-electron chi connectivity index (χ4n) is 2.18. The molecular formula is C13H18FNO. The number of hydrogen-bond donors (Lipinski definition) is 0. The summed E-state index contributed by atoms with van der Waals surface area (Å²) in [7, 11) is 1.50. The van der Waals surface area contributed by atoms with Crippen molar-refractivity contribution in [3.8, 4) is 5.75 Å². The first kappa shape index (κ1) is 11.4. The fraction of sp³-hybridized carbons (Fsp3) is 0.538. The Morgan fingerprint density at radius 1 is 1.25 bits per heavy atom. The third kappa shape index (κ3) is 2.73. The van der Waals surface area contributed by atoms with Crippen LogP contribution in [0.15, 0.2) is 18.2 Å². The van der Waals surface area contributed by atoms with E-state index in [0.29, 0.717) is 5.75 Å². The normalized spacial score (nSPS) is 17.4. The first-order valence-electron chi connectivity index (χ1n) is 5.84. The highest BCUT2D eigenvalue weighted by molar-refractivity contribution is 5.30. The van der Waals surface area contributed by atoms with Gasteiger partial charge in [-0.15, -0.1) is 0 Å². The van der Waals surface area contributed by atoms with Crippen molar-refractivity contribution in [3.05, 3.63) is 29.6 Å². The molecule has 1 aliphatic heterocycles.